The smallest absolute Gasteiger partial charge is 0.326 e. The Hall–Kier alpha value is -4.74. The highest BCUT2D eigenvalue weighted by molar-refractivity contribution is 5.97. The van der Waals surface area contributed by atoms with Crippen molar-refractivity contribution in [2.45, 2.75) is 45.3 Å². The van der Waals surface area contributed by atoms with Gasteiger partial charge >= 0.3 is 11.9 Å². The minimum atomic E-state index is -1.33. The molecule has 5 N–H and O–H groups in total. The Bertz CT molecular complexity index is 1420. The number of H-pyrrole nitrogens is 1. The van der Waals surface area contributed by atoms with Crippen LogP contribution in [0.2, 0.25) is 0 Å². The van der Waals surface area contributed by atoms with Gasteiger partial charge in [0.25, 0.3) is 11.5 Å². The number of hydrogen-bond acceptors (Lipinski definition) is 7. The number of aromatic nitrogens is 2. The number of rotatable bonds is 11. The number of carboxylic acid groups (broad SMARTS) is 2. The Morgan fingerprint density at radius 3 is 2.34 bits per heavy atom. The van der Waals surface area contributed by atoms with Crippen LogP contribution >= 0.6 is 0 Å². The minimum Gasteiger partial charge on any atom is -0.480 e. The normalized spacial score (nSPS) is 12.4. The van der Waals surface area contributed by atoms with E-state index in [1.807, 2.05) is 18.0 Å². The molecule has 0 fully saturated rings. The summed E-state index contributed by atoms with van der Waals surface area (Å²) >= 11 is 0. The van der Waals surface area contributed by atoms with Crippen molar-refractivity contribution in [2.24, 2.45) is 0 Å². The molecule has 3 rings (SSSR count). The van der Waals surface area contributed by atoms with E-state index in [0.29, 0.717) is 23.3 Å². The molecular weight excluding hydrogens is 494 g/mol. The van der Waals surface area contributed by atoms with Gasteiger partial charge in [0.05, 0.1) is 10.9 Å². The second-order valence-corrected chi connectivity index (χ2v) is 8.94. The van der Waals surface area contributed by atoms with E-state index < -0.39 is 35.8 Å². The molecule has 0 unspecified atom stereocenters. The number of nitrogens with one attached hydrogen (secondary N) is 3. The summed E-state index contributed by atoms with van der Waals surface area (Å²) in [5.41, 5.74) is 2.32. The molecule has 12 nitrogen and oxygen atoms in total. The second-order valence-electron chi connectivity index (χ2n) is 8.94. The summed E-state index contributed by atoms with van der Waals surface area (Å²) in [7, 11) is 1.85. The zero-order valence-corrected chi connectivity index (χ0v) is 21.1. The molecule has 12 heteroatoms. The van der Waals surface area contributed by atoms with Gasteiger partial charge in [-0.15, -0.1) is 0 Å². The molecule has 1 heterocycles. The monoisotopic (exact) mass is 523 g/mol. The van der Waals surface area contributed by atoms with Crippen LogP contribution in [0.1, 0.15) is 41.5 Å². The SMILES string of the molecule is Cc1nc2ccc(CN(C)c3ccc(C(=O)N[C@H](CCC(=O)N[C@H](C)C(=O)O)C(=O)O)cc3)cc2c(=O)[nH]1. The van der Waals surface area contributed by atoms with Crippen molar-refractivity contribution in [1.29, 1.82) is 0 Å². The van der Waals surface area contributed by atoms with Gasteiger partial charge < -0.3 is 30.7 Å². The number of amides is 2. The number of carbonyl (C=O) groups excluding carboxylic acids is 2. The number of nitrogens with zero attached hydrogens (tertiary/aromatic N) is 2. The summed E-state index contributed by atoms with van der Waals surface area (Å²) in [5, 5.41) is 23.4. The van der Waals surface area contributed by atoms with E-state index in [2.05, 4.69) is 20.6 Å². The van der Waals surface area contributed by atoms with Crippen LogP contribution in [0, 0.1) is 6.92 Å². The molecule has 0 radical (unpaired) electrons. The number of aryl methyl sites for hydroxylation is 1. The van der Waals surface area contributed by atoms with Gasteiger partial charge in [0.2, 0.25) is 5.91 Å². The summed E-state index contributed by atoms with van der Waals surface area (Å²) in [4.78, 5) is 68.1. The molecule has 0 aliphatic carbocycles. The average Bonchev–Trinajstić information content (AvgIpc) is 2.86. The van der Waals surface area contributed by atoms with Crippen molar-refractivity contribution in [3.05, 3.63) is 69.8 Å². The van der Waals surface area contributed by atoms with Crippen LogP contribution in [0.5, 0.6) is 0 Å². The van der Waals surface area contributed by atoms with E-state index in [4.69, 9.17) is 5.11 Å². The molecular formula is C26H29N5O7. The van der Waals surface area contributed by atoms with E-state index >= 15 is 0 Å². The van der Waals surface area contributed by atoms with Gasteiger partial charge in [0.1, 0.15) is 17.9 Å². The Morgan fingerprint density at radius 1 is 1.03 bits per heavy atom. The van der Waals surface area contributed by atoms with Crippen LogP contribution in [0.25, 0.3) is 10.9 Å². The highest BCUT2D eigenvalue weighted by atomic mass is 16.4. The van der Waals surface area contributed by atoms with E-state index in [-0.39, 0.29) is 24.0 Å². The molecule has 2 atom stereocenters. The Labute approximate surface area is 217 Å². The summed E-state index contributed by atoms with van der Waals surface area (Å²) in [6.45, 7) is 3.50. The molecule has 38 heavy (non-hydrogen) atoms. The van der Waals surface area contributed by atoms with Gasteiger partial charge in [0, 0.05) is 31.3 Å². The Balaban J connectivity index is 1.61. The molecule has 0 spiro atoms. The summed E-state index contributed by atoms with van der Waals surface area (Å²) in [6.07, 6.45) is -0.474. The lowest BCUT2D eigenvalue weighted by molar-refractivity contribution is -0.142. The zero-order valence-electron chi connectivity index (χ0n) is 21.1. The lowest BCUT2D eigenvalue weighted by Gasteiger charge is -2.20. The third-order valence-corrected chi connectivity index (χ3v) is 5.89. The standard InChI is InChI=1S/C26H29N5O7/c1-14(25(35)36)27-22(32)11-10-21(26(37)38)30-23(33)17-5-7-18(8-6-17)31(3)13-16-4-9-20-19(12-16)24(34)29-15(2)28-20/h4-9,12,14,21H,10-11,13H2,1-3H3,(H,27,32)(H,30,33)(H,35,36)(H,37,38)(H,28,29,34)/t14-,21-/m1/s1. The predicted molar refractivity (Wildman–Crippen MR) is 139 cm³/mol. The van der Waals surface area contributed by atoms with E-state index in [1.165, 1.54) is 6.92 Å². The maximum absolute atomic E-state index is 12.6. The molecule has 0 aliphatic rings. The molecule has 0 saturated heterocycles. The maximum atomic E-state index is 12.6. The molecule has 2 aromatic carbocycles. The van der Waals surface area contributed by atoms with E-state index in [1.54, 1.807) is 43.3 Å². The van der Waals surface area contributed by atoms with E-state index in [9.17, 15) is 29.1 Å². The van der Waals surface area contributed by atoms with Gasteiger partial charge in [-0.3, -0.25) is 19.2 Å². The highest BCUT2D eigenvalue weighted by Crippen LogP contribution is 2.18. The van der Waals surface area contributed by atoms with Crippen molar-refractivity contribution in [2.75, 3.05) is 11.9 Å². The number of carboxylic acids is 2. The Morgan fingerprint density at radius 2 is 1.71 bits per heavy atom. The van der Waals surface area contributed by atoms with Gasteiger partial charge in [0.15, 0.2) is 0 Å². The number of carbonyl (C=O) groups is 4. The van der Waals surface area contributed by atoms with Crippen LogP contribution in [0.4, 0.5) is 5.69 Å². The highest BCUT2D eigenvalue weighted by Gasteiger charge is 2.23. The van der Waals surface area contributed by atoms with Crippen LogP contribution < -0.4 is 21.1 Å². The molecule has 0 aliphatic heterocycles. The number of anilines is 1. The fourth-order valence-electron chi connectivity index (χ4n) is 3.78. The molecule has 0 saturated carbocycles. The van der Waals surface area contributed by atoms with Crippen LogP contribution in [0.15, 0.2) is 47.3 Å². The predicted octanol–water partition coefficient (Wildman–Crippen LogP) is 1.42. The lowest BCUT2D eigenvalue weighted by Crippen LogP contribution is -2.43. The Kier molecular flexibility index (Phi) is 8.79. The van der Waals surface area contributed by atoms with Crippen molar-refractivity contribution in [3.63, 3.8) is 0 Å². The van der Waals surface area contributed by atoms with Crippen LogP contribution in [-0.4, -0.2) is 63.1 Å². The van der Waals surface area contributed by atoms with Crippen molar-refractivity contribution in [1.82, 2.24) is 20.6 Å². The quantitative estimate of drug-likeness (QED) is 0.248. The number of aliphatic carboxylic acids is 2. The maximum Gasteiger partial charge on any atom is 0.326 e. The van der Waals surface area contributed by atoms with E-state index in [0.717, 1.165) is 11.3 Å². The lowest BCUT2D eigenvalue weighted by atomic mass is 10.1. The summed E-state index contributed by atoms with van der Waals surface area (Å²) < 4.78 is 0. The van der Waals surface area contributed by atoms with Crippen molar-refractivity contribution >= 4 is 40.3 Å². The van der Waals surface area contributed by atoms with Gasteiger partial charge in [-0.2, -0.15) is 0 Å². The molecule has 200 valence electrons. The number of benzene rings is 2. The fourth-order valence-corrected chi connectivity index (χ4v) is 3.78. The third-order valence-electron chi connectivity index (χ3n) is 5.89. The van der Waals surface area contributed by atoms with Gasteiger partial charge in [-0.25, -0.2) is 9.78 Å². The molecule has 3 aromatic rings. The van der Waals surface area contributed by atoms with Crippen molar-refractivity contribution in [3.8, 4) is 0 Å². The molecule has 0 bridgehead atoms. The largest absolute Gasteiger partial charge is 0.480 e. The van der Waals surface area contributed by atoms with Crippen LogP contribution in [0.3, 0.4) is 0 Å². The first-order chi connectivity index (χ1) is 17.9. The number of aromatic amines is 1. The molecule has 1 aromatic heterocycles. The van der Waals surface area contributed by atoms with Crippen molar-refractivity contribution < 1.29 is 29.4 Å². The van der Waals surface area contributed by atoms with Crippen LogP contribution in [-0.2, 0) is 20.9 Å². The second kappa shape index (κ2) is 12.0. The third kappa shape index (κ3) is 7.15. The zero-order chi connectivity index (χ0) is 28.0. The summed E-state index contributed by atoms with van der Waals surface area (Å²) in [6, 6.07) is 9.57. The number of hydrogen-bond donors (Lipinski definition) is 5. The van der Waals surface area contributed by atoms with Gasteiger partial charge in [-0.05, 0) is 62.2 Å². The average molecular weight is 524 g/mol. The molecule has 2 amide bonds. The fraction of sp³-hybridized carbons (Fsp3) is 0.308. The first-order valence-corrected chi connectivity index (χ1v) is 11.8. The number of fused-ring (bicyclic) bond motifs is 1. The first kappa shape index (κ1) is 27.8. The topological polar surface area (TPSA) is 182 Å². The minimum absolute atomic E-state index is 0.205. The first-order valence-electron chi connectivity index (χ1n) is 11.8. The van der Waals surface area contributed by atoms with Gasteiger partial charge in [-0.1, -0.05) is 6.07 Å². The summed E-state index contributed by atoms with van der Waals surface area (Å²) in [5.74, 6) is -3.23.